The van der Waals surface area contributed by atoms with Gasteiger partial charge in [0.1, 0.15) is 5.69 Å². The van der Waals surface area contributed by atoms with E-state index in [0.29, 0.717) is 28.7 Å². The van der Waals surface area contributed by atoms with Gasteiger partial charge in [-0.05, 0) is 31.4 Å². The Kier molecular flexibility index (Phi) is 4.23. The monoisotopic (exact) mass is 365 g/mol. The summed E-state index contributed by atoms with van der Waals surface area (Å²) in [5.41, 5.74) is 6.78. The van der Waals surface area contributed by atoms with Crippen molar-refractivity contribution in [3.63, 3.8) is 0 Å². The van der Waals surface area contributed by atoms with E-state index in [-0.39, 0.29) is 23.2 Å². The highest BCUT2D eigenvalue weighted by atomic mass is 16.2. The van der Waals surface area contributed by atoms with Crippen molar-refractivity contribution in [2.75, 3.05) is 6.54 Å². The molecule has 0 radical (unpaired) electrons. The highest BCUT2D eigenvalue weighted by Crippen LogP contribution is 2.32. The first-order chi connectivity index (χ1) is 13.0. The minimum atomic E-state index is -0.619. The number of H-pyrrole nitrogens is 2. The zero-order valence-electron chi connectivity index (χ0n) is 14.6. The van der Waals surface area contributed by atoms with E-state index in [4.69, 9.17) is 5.73 Å². The molecule has 0 spiro atoms. The third-order valence-corrected chi connectivity index (χ3v) is 4.95. The lowest BCUT2D eigenvalue weighted by molar-refractivity contribution is 0.0608. The lowest BCUT2D eigenvalue weighted by atomic mass is 9.97. The number of aromatic nitrogens is 3. The van der Waals surface area contributed by atoms with Crippen molar-refractivity contribution in [1.82, 2.24) is 20.1 Å². The van der Waals surface area contributed by atoms with Crippen LogP contribution in [0, 0.1) is 0 Å². The van der Waals surface area contributed by atoms with Crippen molar-refractivity contribution in [3.8, 4) is 0 Å². The van der Waals surface area contributed by atoms with E-state index in [9.17, 15) is 14.4 Å². The van der Waals surface area contributed by atoms with Gasteiger partial charge in [-0.25, -0.2) is 0 Å². The Balaban J connectivity index is 1.75. The number of nitrogens with one attached hydrogen (secondary N) is 2. The Labute approximate surface area is 154 Å². The van der Waals surface area contributed by atoms with Crippen LogP contribution in [-0.4, -0.2) is 38.4 Å². The van der Waals surface area contributed by atoms with Gasteiger partial charge in [-0.2, -0.15) is 5.10 Å². The first-order valence-corrected chi connectivity index (χ1v) is 8.83. The number of carbonyl (C=O) groups is 2. The maximum absolute atomic E-state index is 13.3. The fraction of sp³-hybridized carbons (Fsp3) is 0.263. The van der Waals surface area contributed by atoms with Gasteiger partial charge in [0, 0.05) is 23.5 Å². The Hall–Kier alpha value is -3.42. The van der Waals surface area contributed by atoms with E-state index in [1.807, 2.05) is 18.2 Å². The average molecular weight is 365 g/mol. The van der Waals surface area contributed by atoms with Crippen LogP contribution >= 0.6 is 0 Å². The third-order valence-electron chi connectivity index (χ3n) is 4.95. The van der Waals surface area contributed by atoms with Gasteiger partial charge >= 0.3 is 0 Å². The number of piperidine rings is 1. The smallest absolute Gasteiger partial charge is 0.269 e. The normalized spacial score (nSPS) is 17.2. The van der Waals surface area contributed by atoms with E-state index < -0.39 is 5.91 Å². The summed E-state index contributed by atoms with van der Waals surface area (Å²) in [5.74, 6) is -0.830. The molecule has 1 atom stereocenters. The number of rotatable bonds is 3. The number of amides is 2. The number of nitrogens with zero attached hydrogens (tertiary/aromatic N) is 2. The molecule has 8 nitrogen and oxygen atoms in total. The summed E-state index contributed by atoms with van der Waals surface area (Å²) >= 11 is 0. The summed E-state index contributed by atoms with van der Waals surface area (Å²) in [6.45, 7) is 0.565. The van der Waals surface area contributed by atoms with Crippen molar-refractivity contribution in [2.24, 2.45) is 5.73 Å². The molecule has 1 aliphatic heterocycles. The van der Waals surface area contributed by atoms with Crippen LogP contribution in [0.3, 0.4) is 0 Å². The second kappa shape index (κ2) is 6.71. The molecule has 138 valence electrons. The number of nitrogens with two attached hydrogens (primary N) is 1. The molecule has 3 heterocycles. The third kappa shape index (κ3) is 3.10. The fourth-order valence-electron chi connectivity index (χ4n) is 3.67. The molecule has 4 rings (SSSR count). The van der Waals surface area contributed by atoms with E-state index in [0.717, 1.165) is 19.3 Å². The van der Waals surface area contributed by atoms with Gasteiger partial charge in [0.25, 0.3) is 11.8 Å². The van der Waals surface area contributed by atoms with Gasteiger partial charge in [0.2, 0.25) is 5.56 Å². The molecule has 0 saturated carbocycles. The van der Waals surface area contributed by atoms with Gasteiger partial charge in [-0.1, -0.05) is 18.2 Å². The number of aromatic amines is 2. The highest BCUT2D eigenvalue weighted by Gasteiger charge is 2.31. The molecule has 27 heavy (non-hydrogen) atoms. The number of carbonyl (C=O) groups excluding carboxylic acids is 2. The second-order valence-corrected chi connectivity index (χ2v) is 6.68. The van der Waals surface area contributed by atoms with Crippen LogP contribution in [0.25, 0.3) is 10.9 Å². The van der Waals surface area contributed by atoms with Crippen molar-refractivity contribution < 1.29 is 9.59 Å². The number of fused-ring (bicyclic) bond motifs is 1. The summed E-state index contributed by atoms with van der Waals surface area (Å²) in [6, 6.07) is 9.93. The maximum Gasteiger partial charge on any atom is 0.269 e. The number of likely N-dealkylation sites (tertiary alicyclic amines) is 1. The molecule has 1 aromatic carbocycles. The van der Waals surface area contributed by atoms with E-state index >= 15 is 0 Å². The standard InChI is InChI=1S/C19H19N5O3/c20-18(26)15-10-14(22-23-15)16-7-3-4-8-24(16)19(27)12-9-17(25)21-13-6-2-1-5-11(12)13/h1-2,5-6,9-10,16H,3-4,7-8H2,(H2,20,26)(H,21,25)(H,22,23)/t16-/m1/s1. The van der Waals surface area contributed by atoms with Gasteiger partial charge in [-0.3, -0.25) is 19.5 Å². The second-order valence-electron chi connectivity index (χ2n) is 6.68. The van der Waals surface area contributed by atoms with Crippen molar-refractivity contribution in [1.29, 1.82) is 0 Å². The first-order valence-electron chi connectivity index (χ1n) is 8.83. The zero-order valence-corrected chi connectivity index (χ0v) is 14.6. The van der Waals surface area contributed by atoms with Crippen LogP contribution in [0.4, 0.5) is 0 Å². The molecule has 1 saturated heterocycles. The Morgan fingerprint density at radius 1 is 1.19 bits per heavy atom. The number of para-hydroxylation sites is 1. The van der Waals surface area contributed by atoms with Gasteiger partial charge < -0.3 is 15.6 Å². The van der Waals surface area contributed by atoms with Crippen molar-refractivity contribution >= 4 is 22.7 Å². The average Bonchev–Trinajstić information content (AvgIpc) is 3.17. The quantitative estimate of drug-likeness (QED) is 0.653. The lowest BCUT2D eigenvalue weighted by Gasteiger charge is -2.35. The molecule has 2 aromatic heterocycles. The number of benzene rings is 1. The van der Waals surface area contributed by atoms with Crippen LogP contribution in [0.1, 0.15) is 51.8 Å². The molecular weight excluding hydrogens is 346 g/mol. The van der Waals surface area contributed by atoms with Crippen molar-refractivity contribution in [3.05, 3.63) is 63.7 Å². The molecule has 0 aliphatic carbocycles. The molecular formula is C19H19N5O3. The van der Waals surface area contributed by atoms with Crippen LogP contribution in [0.15, 0.2) is 41.2 Å². The summed E-state index contributed by atoms with van der Waals surface area (Å²) in [5, 5.41) is 7.46. The van der Waals surface area contributed by atoms with E-state index in [1.165, 1.54) is 6.07 Å². The van der Waals surface area contributed by atoms with Crippen LogP contribution < -0.4 is 11.3 Å². The Bertz CT molecular complexity index is 1080. The van der Waals surface area contributed by atoms with Crippen LogP contribution in [0.2, 0.25) is 0 Å². The van der Waals surface area contributed by atoms with Crippen molar-refractivity contribution in [2.45, 2.75) is 25.3 Å². The number of hydrogen-bond donors (Lipinski definition) is 3. The molecule has 4 N–H and O–H groups in total. The topological polar surface area (TPSA) is 125 Å². The summed E-state index contributed by atoms with van der Waals surface area (Å²) in [7, 11) is 0. The largest absolute Gasteiger partial charge is 0.364 e. The minimum Gasteiger partial charge on any atom is -0.364 e. The number of primary amides is 1. The van der Waals surface area contributed by atoms with Crippen LogP contribution in [-0.2, 0) is 0 Å². The minimum absolute atomic E-state index is 0.143. The summed E-state index contributed by atoms with van der Waals surface area (Å²) < 4.78 is 0. The molecule has 0 bridgehead atoms. The molecule has 2 amide bonds. The summed E-state index contributed by atoms with van der Waals surface area (Å²) in [6.07, 6.45) is 2.57. The molecule has 1 aliphatic rings. The molecule has 8 heteroatoms. The highest BCUT2D eigenvalue weighted by molar-refractivity contribution is 6.06. The van der Waals surface area contributed by atoms with E-state index in [1.54, 1.807) is 17.0 Å². The number of pyridine rings is 1. The maximum atomic E-state index is 13.3. The lowest BCUT2D eigenvalue weighted by Crippen LogP contribution is -2.39. The number of hydrogen-bond acceptors (Lipinski definition) is 4. The Morgan fingerprint density at radius 3 is 2.78 bits per heavy atom. The van der Waals surface area contributed by atoms with Crippen LogP contribution in [0.5, 0.6) is 0 Å². The molecule has 1 fully saturated rings. The molecule has 3 aromatic rings. The van der Waals surface area contributed by atoms with E-state index in [2.05, 4.69) is 15.2 Å². The fourth-order valence-corrected chi connectivity index (χ4v) is 3.67. The summed E-state index contributed by atoms with van der Waals surface area (Å²) in [4.78, 5) is 41.2. The first kappa shape index (κ1) is 17.0. The van der Waals surface area contributed by atoms with Gasteiger partial charge in [-0.15, -0.1) is 0 Å². The zero-order chi connectivity index (χ0) is 19.0. The predicted molar refractivity (Wildman–Crippen MR) is 99.3 cm³/mol. The SMILES string of the molecule is NC(=O)c1cc([C@H]2CCCCN2C(=O)c2cc(=O)[nH]c3ccccc23)[nH]n1. The Morgan fingerprint density at radius 2 is 2.00 bits per heavy atom. The van der Waals surface area contributed by atoms with Gasteiger partial charge in [0.15, 0.2) is 0 Å². The predicted octanol–water partition coefficient (Wildman–Crippen LogP) is 1.72. The van der Waals surface area contributed by atoms with Gasteiger partial charge in [0.05, 0.1) is 17.3 Å². The molecule has 0 unspecified atom stereocenters.